The summed E-state index contributed by atoms with van der Waals surface area (Å²) in [6.07, 6.45) is 3.05. The van der Waals surface area contributed by atoms with Gasteiger partial charge in [0.1, 0.15) is 0 Å². The number of carbonyl (C=O) groups excluding carboxylic acids is 1. The van der Waals surface area contributed by atoms with Crippen molar-refractivity contribution < 1.29 is 4.79 Å². The van der Waals surface area contributed by atoms with E-state index in [1.54, 1.807) is 0 Å². The molecule has 1 heterocycles. The Bertz CT molecular complexity index is 225. The second-order valence-electron chi connectivity index (χ2n) is 6.29. The fourth-order valence-electron chi connectivity index (χ4n) is 2.07. The van der Waals surface area contributed by atoms with Gasteiger partial charge in [-0.1, -0.05) is 20.8 Å². The average molecular weight is 226 g/mol. The van der Waals surface area contributed by atoms with Gasteiger partial charge in [-0.3, -0.25) is 4.79 Å². The van der Waals surface area contributed by atoms with Gasteiger partial charge in [0.15, 0.2) is 0 Å². The molecular formula is C13H26N2O. The zero-order valence-corrected chi connectivity index (χ0v) is 11.2. The molecule has 1 fully saturated rings. The molecule has 1 aliphatic rings. The molecule has 0 bridgehead atoms. The SMILES string of the molecule is CN1CCC(CNC(=O)CC(C)(C)C)CC1. The molecule has 1 saturated heterocycles. The minimum absolute atomic E-state index is 0.0941. The first-order valence-corrected chi connectivity index (χ1v) is 6.32. The number of piperidine rings is 1. The van der Waals surface area contributed by atoms with Crippen molar-refractivity contribution in [1.29, 1.82) is 0 Å². The highest BCUT2D eigenvalue weighted by atomic mass is 16.1. The molecule has 1 N–H and O–H groups in total. The Hall–Kier alpha value is -0.570. The molecule has 0 aromatic rings. The van der Waals surface area contributed by atoms with Crippen LogP contribution in [0.5, 0.6) is 0 Å². The number of nitrogens with one attached hydrogen (secondary N) is 1. The van der Waals surface area contributed by atoms with Crippen molar-refractivity contribution in [2.45, 2.75) is 40.0 Å². The summed E-state index contributed by atoms with van der Waals surface area (Å²) < 4.78 is 0. The van der Waals surface area contributed by atoms with Crippen LogP contribution in [0.2, 0.25) is 0 Å². The maximum Gasteiger partial charge on any atom is 0.220 e. The molecule has 0 atom stereocenters. The Kier molecular flexibility index (Phi) is 4.78. The van der Waals surface area contributed by atoms with Gasteiger partial charge in [0, 0.05) is 13.0 Å². The van der Waals surface area contributed by atoms with E-state index in [1.165, 1.54) is 25.9 Å². The van der Waals surface area contributed by atoms with Crippen LogP contribution < -0.4 is 5.32 Å². The van der Waals surface area contributed by atoms with Crippen LogP contribution in [-0.4, -0.2) is 37.5 Å². The Morgan fingerprint density at radius 1 is 1.31 bits per heavy atom. The first kappa shape index (κ1) is 13.5. The lowest BCUT2D eigenvalue weighted by Gasteiger charge is -2.29. The molecule has 3 nitrogen and oxygen atoms in total. The largest absolute Gasteiger partial charge is 0.356 e. The summed E-state index contributed by atoms with van der Waals surface area (Å²) >= 11 is 0. The monoisotopic (exact) mass is 226 g/mol. The van der Waals surface area contributed by atoms with Crippen LogP contribution in [-0.2, 0) is 4.79 Å². The van der Waals surface area contributed by atoms with Crippen LogP contribution in [0.15, 0.2) is 0 Å². The summed E-state index contributed by atoms with van der Waals surface area (Å²) in [7, 11) is 2.16. The second-order valence-corrected chi connectivity index (χ2v) is 6.29. The fraction of sp³-hybridized carbons (Fsp3) is 0.923. The number of likely N-dealkylation sites (tertiary alicyclic amines) is 1. The molecule has 0 aliphatic carbocycles. The van der Waals surface area contributed by atoms with Crippen LogP contribution in [0.4, 0.5) is 0 Å². The Labute approximate surface area is 99.6 Å². The third kappa shape index (κ3) is 5.50. The summed E-state index contributed by atoms with van der Waals surface area (Å²) in [6, 6.07) is 0. The minimum atomic E-state index is 0.0941. The highest BCUT2D eigenvalue weighted by Crippen LogP contribution is 2.18. The molecule has 3 heteroatoms. The summed E-state index contributed by atoms with van der Waals surface area (Å²) in [6.45, 7) is 9.49. The van der Waals surface area contributed by atoms with Gasteiger partial charge >= 0.3 is 0 Å². The fourth-order valence-corrected chi connectivity index (χ4v) is 2.07. The van der Waals surface area contributed by atoms with E-state index in [2.05, 4.69) is 38.0 Å². The van der Waals surface area contributed by atoms with Crippen molar-refractivity contribution in [2.75, 3.05) is 26.7 Å². The highest BCUT2D eigenvalue weighted by molar-refractivity contribution is 5.76. The number of carbonyl (C=O) groups is 1. The number of amides is 1. The van der Waals surface area contributed by atoms with Crippen molar-refractivity contribution in [3.8, 4) is 0 Å². The van der Waals surface area contributed by atoms with Gasteiger partial charge in [-0.05, 0) is 44.3 Å². The standard InChI is InChI=1S/C13H26N2O/c1-13(2,3)9-12(16)14-10-11-5-7-15(4)8-6-11/h11H,5-10H2,1-4H3,(H,14,16). The van der Waals surface area contributed by atoms with E-state index in [4.69, 9.17) is 0 Å². The normalized spacial score (nSPS) is 19.8. The first-order valence-electron chi connectivity index (χ1n) is 6.32. The lowest BCUT2D eigenvalue weighted by molar-refractivity contribution is -0.123. The van der Waals surface area contributed by atoms with E-state index in [-0.39, 0.29) is 11.3 Å². The van der Waals surface area contributed by atoms with E-state index >= 15 is 0 Å². The Morgan fingerprint density at radius 3 is 2.38 bits per heavy atom. The quantitative estimate of drug-likeness (QED) is 0.797. The van der Waals surface area contributed by atoms with E-state index < -0.39 is 0 Å². The van der Waals surface area contributed by atoms with E-state index in [0.717, 1.165) is 6.54 Å². The number of nitrogens with zero attached hydrogens (tertiary/aromatic N) is 1. The van der Waals surface area contributed by atoms with Gasteiger partial charge in [0.05, 0.1) is 0 Å². The van der Waals surface area contributed by atoms with E-state index in [0.29, 0.717) is 12.3 Å². The molecule has 1 rings (SSSR count). The van der Waals surface area contributed by atoms with Crippen LogP contribution in [0.25, 0.3) is 0 Å². The van der Waals surface area contributed by atoms with Crippen molar-refractivity contribution in [1.82, 2.24) is 10.2 Å². The maximum atomic E-state index is 11.6. The molecule has 16 heavy (non-hydrogen) atoms. The lowest BCUT2D eigenvalue weighted by Crippen LogP contribution is -2.37. The smallest absolute Gasteiger partial charge is 0.220 e. The second kappa shape index (κ2) is 5.67. The predicted octanol–water partition coefficient (Wildman–Crippen LogP) is 1.88. The average Bonchev–Trinajstić information content (AvgIpc) is 2.14. The van der Waals surface area contributed by atoms with Crippen molar-refractivity contribution >= 4 is 5.91 Å². The zero-order chi connectivity index (χ0) is 12.2. The van der Waals surface area contributed by atoms with E-state index in [1.807, 2.05) is 0 Å². The first-order chi connectivity index (χ1) is 7.37. The maximum absolute atomic E-state index is 11.6. The highest BCUT2D eigenvalue weighted by Gasteiger charge is 2.19. The topological polar surface area (TPSA) is 32.3 Å². The lowest BCUT2D eigenvalue weighted by atomic mass is 9.91. The molecule has 1 amide bonds. The number of rotatable bonds is 3. The molecule has 0 unspecified atom stereocenters. The summed E-state index contributed by atoms with van der Waals surface area (Å²) in [5.41, 5.74) is 0.0941. The minimum Gasteiger partial charge on any atom is -0.356 e. The molecule has 0 spiro atoms. The van der Waals surface area contributed by atoms with Crippen molar-refractivity contribution in [3.63, 3.8) is 0 Å². The molecule has 94 valence electrons. The molecule has 0 aromatic heterocycles. The van der Waals surface area contributed by atoms with Crippen LogP contribution in [0.3, 0.4) is 0 Å². The predicted molar refractivity (Wildman–Crippen MR) is 67.3 cm³/mol. The van der Waals surface area contributed by atoms with Gasteiger partial charge in [0.25, 0.3) is 0 Å². The van der Waals surface area contributed by atoms with Crippen molar-refractivity contribution in [3.05, 3.63) is 0 Å². The zero-order valence-electron chi connectivity index (χ0n) is 11.2. The molecule has 0 saturated carbocycles. The molecule has 0 aromatic carbocycles. The summed E-state index contributed by atoms with van der Waals surface area (Å²) in [5.74, 6) is 0.881. The van der Waals surface area contributed by atoms with Gasteiger partial charge in [-0.25, -0.2) is 0 Å². The van der Waals surface area contributed by atoms with Crippen LogP contribution >= 0.6 is 0 Å². The van der Waals surface area contributed by atoms with E-state index in [9.17, 15) is 4.79 Å². The van der Waals surface area contributed by atoms with Crippen LogP contribution in [0.1, 0.15) is 40.0 Å². The molecular weight excluding hydrogens is 200 g/mol. The van der Waals surface area contributed by atoms with Gasteiger partial charge < -0.3 is 10.2 Å². The van der Waals surface area contributed by atoms with Crippen LogP contribution in [0, 0.1) is 11.3 Å². The van der Waals surface area contributed by atoms with Gasteiger partial charge in [0.2, 0.25) is 5.91 Å². The van der Waals surface area contributed by atoms with Gasteiger partial charge in [-0.15, -0.1) is 0 Å². The number of hydrogen-bond acceptors (Lipinski definition) is 2. The Morgan fingerprint density at radius 2 is 1.88 bits per heavy atom. The van der Waals surface area contributed by atoms with Gasteiger partial charge in [-0.2, -0.15) is 0 Å². The third-order valence-electron chi connectivity index (χ3n) is 3.12. The molecule has 0 radical (unpaired) electrons. The van der Waals surface area contributed by atoms with Crippen molar-refractivity contribution in [2.24, 2.45) is 11.3 Å². The molecule has 1 aliphatic heterocycles. The summed E-state index contributed by atoms with van der Waals surface area (Å²) in [5, 5.41) is 3.07. The third-order valence-corrected chi connectivity index (χ3v) is 3.12. The Balaban J connectivity index is 2.17. The number of hydrogen-bond donors (Lipinski definition) is 1. The summed E-state index contributed by atoms with van der Waals surface area (Å²) in [4.78, 5) is 14.0.